The summed E-state index contributed by atoms with van der Waals surface area (Å²) in [5, 5.41) is 2.85. The number of hydrogen-bond donors (Lipinski definition) is 1. The lowest BCUT2D eigenvalue weighted by atomic mass is 9.92. The molecule has 2 heterocycles. The molecule has 1 aromatic heterocycles. The van der Waals surface area contributed by atoms with Gasteiger partial charge < -0.3 is 10.2 Å². The number of benzene rings is 1. The number of amides is 2. The Morgan fingerprint density at radius 2 is 1.88 bits per heavy atom. The van der Waals surface area contributed by atoms with Crippen molar-refractivity contribution in [2.75, 3.05) is 12.4 Å². The predicted octanol–water partition coefficient (Wildman–Crippen LogP) is 2.86. The fourth-order valence-electron chi connectivity index (χ4n) is 3.15. The van der Waals surface area contributed by atoms with Crippen molar-refractivity contribution in [1.82, 2.24) is 9.88 Å². The summed E-state index contributed by atoms with van der Waals surface area (Å²) in [4.78, 5) is 30.7. The Bertz CT molecular complexity index is 770. The van der Waals surface area contributed by atoms with E-state index in [0.717, 1.165) is 16.7 Å². The van der Waals surface area contributed by atoms with Gasteiger partial charge in [-0.2, -0.15) is 0 Å². The van der Waals surface area contributed by atoms with Crippen LogP contribution >= 0.6 is 0 Å². The second-order valence-corrected chi connectivity index (χ2v) is 6.38. The monoisotopic (exact) mass is 323 g/mol. The molecular weight excluding hydrogens is 302 g/mol. The molecule has 1 fully saturated rings. The lowest BCUT2D eigenvalue weighted by molar-refractivity contribution is -0.127. The summed E-state index contributed by atoms with van der Waals surface area (Å²) in [6.07, 6.45) is 1.88. The minimum Gasteiger partial charge on any atom is -0.338 e. The van der Waals surface area contributed by atoms with Crippen molar-refractivity contribution in [3.8, 4) is 0 Å². The molecule has 1 saturated heterocycles. The number of carbonyl (C=O) groups is 2. The second-order valence-electron chi connectivity index (χ2n) is 6.38. The molecule has 0 bridgehead atoms. The molecule has 0 saturated carbocycles. The third-order valence-electron chi connectivity index (χ3n) is 4.51. The van der Waals surface area contributed by atoms with E-state index in [0.29, 0.717) is 5.82 Å². The van der Waals surface area contributed by atoms with Crippen LogP contribution in [0.1, 0.15) is 29.2 Å². The first kappa shape index (κ1) is 16.2. The van der Waals surface area contributed by atoms with E-state index in [2.05, 4.69) is 10.3 Å². The number of nitrogens with zero attached hydrogens (tertiary/aromatic N) is 2. The molecule has 1 aliphatic heterocycles. The SMILES string of the molecule is Cc1ccc([C@H]2[C@@H](C(=O)Nc3cc(C)ccn3)CC(=O)N2C)cc1. The lowest BCUT2D eigenvalue weighted by Gasteiger charge is -2.25. The van der Waals surface area contributed by atoms with Crippen LogP contribution in [-0.2, 0) is 9.59 Å². The molecule has 2 atom stereocenters. The minimum absolute atomic E-state index is 0.0158. The second kappa shape index (κ2) is 6.43. The first-order valence-electron chi connectivity index (χ1n) is 8.01. The summed E-state index contributed by atoms with van der Waals surface area (Å²) in [7, 11) is 1.76. The maximum Gasteiger partial charge on any atom is 0.231 e. The van der Waals surface area contributed by atoms with Gasteiger partial charge in [0.2, 0.25) is 11.8 Å². The number of rotatable bonds is 3. The Labute approximate surface area is 141 Å². The van der Waals surface area contributed by atoms with Gasteiger partial charge in [-0.1, -0.05) is 29.8 Å². The Morgan fingerprint density at radius 3 is 2.54 bits per heavy atom. The molecule has 0 unspecified atom stereocenters. The van der Waals surface area contributed by atoms with E-state index in [9.17, 15) is 9.59 Å². The summed E-state index contributed by atoms with van der Waals surface area (Å²) in [6, 6.07) is 11.4. The van der Waals surface area contributed by atoms with Crippen molar-refractivity contribution in [3.63, 3.8) is 0 Å². The van der Waals surface area contributed by atoms with Crippen molar-refractivity contribution < 1.29 is 9.59 Å². The van der Waals surface area contributed by atoms with Crippen LogP contribution in [0.15, 0.2) is 42.6 Å². The van der Waals surface area contributed by atoms with Crippen molar-refractivity contribution in [3.05, 3.63) is 59.3 Å². The molecular formula is C19H21N3O2. The third-order valence-corrected chi connectivity index (χ3v) is 4.51. The number of hydrogen-bond acceptors (Lipinski definition) is 3. The van der Waals surface area contributed by atoms with Gasteiger partial charge in [0.1, 0.15) is 5.82 Å². The maximum absolute atomic E-state index is 12.7. The zero-order chi connectivity index (χ0) is 17.3. The molecule has 1 aliphatic rings. The molecule has 0 spiro atoms. The molecule has 1 aromatic carbocycles. The van der Waals surface area contributed by atoms with Crippen LogP contribution in [0, 0.1) is 19.8 Å². The first-order valence-corrected chi connectivity index (χ1v) is 8.01. The fourth-order valence-corrected chi connectivity index (χ4v) is 3.15. The van der Waals surface area contributed by atoms with Crippen LogP contribution in [0.3, 0.4) is 0 Å². The van der Waals surface area contributed by atoms with Gasteiger partial charge in [0, 0.05) is 19.7 Å². The van der Waals surface area contributed by atoms with E-state index in [1.165, 1.54) is 0 Å². The van der Waals surface area contributed by atoms with Crippen molar-refractivity contribution in [2.45, 2.75) is 26.3 Å². The van der Waals surface area contributed by atoms with Crippen LogP contribution in [0.2, 0.25) is 0 Å². The van der Waals surface area contributed by atoms with Crippen molar-refractivity contribution in [2.24, 2.45) is 5.92 Å². The molecule has 0 aliphatic carbocycles. The number of aryl methyl sites for hydroxylation is 2. The standard InChI is InChI=1S/C19H21N3O2/c1-12-4-6-14(7-5-12)18-15(11-17(23)22(18)3)19(24)21-16-10-13(2)8-9-20-16/h4-10,15,18H,11H2,1-3H3,(H,20,21,24)/t15-,18-/m0/s1. The van der Waals surface area contributed by atoms with Gasteiger partial charge in [-0.3, -0.25) is 9.59 Å². The van der Waals surface area contributed by atoms with Gasteiger partial charge in [0.15, 0.2) is 0 Å². The average molecular weight is 323 g/mol. The molecule has 5 nitrogen and oxygen atoms in total. The van der Waals surface area contributed by atoms with E-state index >= 15 is 0 Å². The molecule has 24 heavy (non-hydrogen) atoms. The van der Waals surface area contributed by atoms with Crippen LogP contribution in [0.4, 0.5) is 5.82 Å². The quantitative estimate of drug-likeness (QED) is 0.945. The molecule has 124 valence electrons. The Hall–Kier alpha value is -2.69. The number of aromatic nitrogens is 1. The van der Waals surface area contributed by atoms with Crippen LogP contribution in [0.5, 0.6) is 0 Å². The number of likely N-dealkylation sites (tertiary alicyclic amines) is 1. The van der Waals surface area contributed by atoms with Gasteiger partial charge in [-0.25, -0.2) is 4.98 Å². The summed E-state index contributed by atoms with van der Waals surface area (Å²) >= 11 is 0. The van der Waals surface area contributed by atoms with Gasteiger partial charge >= 0.3 is 0 Å². The van der Waals surface area contributed by atoms with Crippen LogP contribution < -0.4 is 5.32 Å². The van der Waals surface area contributed by atoms with Gasteiger partial charge in [-0.15, -0.1) is 0 Å². The average Bonchev–Trinajstić information content (AvgIpc) is 2.84. The first-order chi connectivity index (χ1) is 11.5. The van der Waals surface area contributed by atoms with Crippen LogP contribution in [0.25, 0.3) is 0 Å². The largest absolute Gasteiger partial charge is 0.338 e. The van der Waals surface area contributed by atoms with E-state index in [-0.39, 0.29) is 24.3 Å². The lowest BCUT2D eigenvalue weighted by Crippen LogP contribution is -2.30. The smallest absolute Gasteiger partial charge is 0.231 e. The van der Waals surface area contributed by atoms with Crippen LogP contribution in [-0.4, -0.2) is 28.7 Å². The summed E-state index contributed by atoms with van der Waals surface area (Å²) < 4.78 is 0. The Morgan fingerprint density at radius 1 is 1.17 bits per heavy atom. The molecule has 5 heteroatoms. The highest BCUT2D eigenvalue weighted by molar-refractivity contribution is 5.97. The van der Waals surface area contributed by atoms with E-state index in [1.54, 1.807) is 18.1 Å². The predicted molar refractivity (Wildman–Crippen MR) is 92.4 cm³/mol. The molecule has 1 N–H and O–H groups in total. The summed E-state index contributed by atoms with van der Waals surface area (Å²) in [5.41, 5.74) is 3.15. The molecule has 2 amide bonds. The number of nitrogens with one attached hydrogen (secondary N) is 1. The van der Waals surface area contributed by atoms with E-state index < -0.39 is 5.92 Å². The Kier molecular flexibility index (Phi) is 4.34. The topological polar surface area (TPSA) is 62.3 Å². The summed E-state index contributed by atoms with van der Waals surface area (Å²) in [5.74, 6) is -0.0912. The van der Waals surface area contributed by atoms with Crippen molar-refractivity contribution in [1.29, 1.82) is 0 Å². The maximum atomic E-state index is 12.7. The number of pyridine rings is 1. The van der Waals surface area contributed by atoms with Gasteiger partial charge in [-0.05, 0) is 37.1 Å². The van der Waals surface area contributed by atoms with Gasteiger partial charge in [0.25, 0.3) is 0 Å². The van der Waals surface area contributed by atoms with E-state index in [1.807, 2.05) is 50.2 Å². The highest BCUT2D eigenvalue weighted by Gasteiger charge is 2.42. The number of anilines is 1. The molecule has 0 radical (unpaired) electrons. The highest BCUT2D eigenvalue weighted by atomic mass is 16.2. The highest BCUT2D eigenvalue weighted by Crippen LogP contribution is 2.37. The molecule has 2 aromatic rings. The zero-order valence-electron chi connectivity index (χ0n) is 14.1. The Balaban J connectivity index is 1.85. The summed E-state index contributed by atoms with van der Waals surface area (Å²) in [6.45, 7) is 3.96. The zero-order valence-corrected chi connectivity index (χ0v) is 14.1. The normalized spacial score (nSPS) is 20.3. The third kappa shape index (κ3) is 3.15. The minimum atomic E-state index is -0.424. The molecule has 3 rings (SSSR count). The fraction of sp³-hybridized carbons (Fsp3) is 0.316. The van der Waals surface area contributed by atoms with E-state index in [4.69, 9.17) is 0 Å². The van der Waals surface area contributed by atoms with Gasteiger partial charge in [0.05, 0.1) is 12.0 Å². The number of carbonyl (C=O) groups excluding carboxylic acids is 2. The van der Waals surface area contributed by atoms with Crippen molar-refractivity contribution >= 4 is 17.6 Å².